The van der Waals surface area contributed by atoms with Crippen LogP contribution in [-0.2, 0) is 11.8 Å². The minimum absolute atomic E-state index is 0.0852. The van der Waals surface area contributed by atoms with Gasteiger partial charge in [0.1, 0.15) is 11.5 Å². The van der Waals surface area contributed by atoms with Crippen LogP contribution in [0.15, 0.2) is 169 Å². The Morgan fingerprint density at radius 3 is 1.80 bits per heavy atom. The van der Waals surface area contributed by atoms with Crippen LogP contribution >= 0.6 is 0 Å². The molecule has 1 heterocycles. The van der Waals surface area contributed by atoms with Crippen molar-refractivity contribution >= 4 is 43.8 Å². The molecule has 0 fully saturated rings. The fraction of sp³-hybridized carbons (Fsp3) is 0.167. The Kier molecular flexibility index (Phi) is 10.6. The Hall–Kier alpha value is -6.69. The van der Waals surface area contributed by atoms with Crippen molar-refractivity contribution < 1.29 is 19.7 Å². The van der Waals surface area contributed by atoms with E-state index in [9.17, 15) is 15.0 Å². The normalized spacial score (nSPS) is 13.0. The minimum Gasteiger partial charge on any atom is -0.507 e. The molecule has 2 N–H and O–H groups in total. The summed E-state index contributed by atoms with van der Waals surface area (Å²) < 4.78 is 9.00. The number of phenolic OH excluding ortho intramolecular Hbond substituents is 1. The number of rotatable bonds is 11. The molecule has 8 rings (SSSR count). The van der Waals surface area contributed by atoms with Gasteiger partial charge >= 0.3 is 0 Å². The molecule has 5 nitrogen and oxygen atoms in total. The highest BCUT2D eigenvalue weighted by Crippen LogP contribution is 2.48. The largest absolute Gasteiger partial charge is 0.507 e. The number of ketones is 1. The number of aromatic hydroxyl groups is 1. The van der Waals surface area contributed by atoms with Crippen molar-refractivity contribution in [1.29, 1.82) is 0 Å². The van der Waals surface area contributed by atoms with Gasteiger partial charge in [-0.2, -0.15) is 0 Å². The number of allylic oxidation sites excluding steroid dienone is 2. The highest BCUT2D eigenvalue weighted by molar-refractivity contribution is 6.11. The van der Waals surface area contributed by atoms with Crippen LogP contribution in [0.2, 0.25) is 0 Å². The monoisotopic (exact) mass is 775 g/mol. The van der Waals surface area contributed by atoms with Gasteiger partial charge in [0.15, 0.2) is 5.78 Å². The van der Waals surface area contributed by atoms with Gasteiger partial charge in [0.2, 0.25) is 5.79 Å². The maximum absolute atomic E-state index is 14.1. The summed E-state index contributed by atoms with van der Waals surface area (Å²) in [6, 6.07) is 48.7. The molecule has 0 aliphatic heterocycles. The number of aromatic nitrogens is 1. The van der Waals surface area contributed by atoms with E-state index in [1.54, 1.807) is 19.9 Å². The average molecular weight is 776 g/mol. The van der Waals surface area contributed by atoms with Gasteiger partial charge in [-0.15, -0.1) is 0 Å². The molecule has 0 unspecified atom stereocenters. The highest BCUT2D eigenvalue weighted by atomic mass is 16.6. The molecule has 8 aromatic rings. The van der Waals surface area contributed by atoms with Gasteiger partial charge in [0.05, 0.1) is 0 Å². The lowest BCUT2D eigenvalue weighted by atomic mass is 9.84. The summed E-state index contributed by atoms with van der Waals surface area (Å²) in [6.45, 7) is 9.11. The van der Waals surface area contributed by atoms with Gasteiger partial charge in [-0.1, -0.05) is 134 Å². The van der Waals surface area contributed by atoms with Gasteiger partial charge in [0, 0.05) is 58.9 Å². The predicted molar refractivity (Wildman–Crippen MR) is 244 cm³/mol. The number of ether oxygens (including phenoxy) is 1. The van der Waals surface area contributed by atoms with Crippen molar-refractivity contribution in [3.05, 3.63) is 174 Å². The van der Waals surface area contributed by atoms with E-state index in [0.29, 0.717) is 34.4 Å². The summed E-state index contributed by atoms with van der Waals surface area (Å²) >= 11 is 0. The zero-order chi connectivity index (χ0) is 41.4. The van der Waals surface area contributed by atoms with Crippen LogP contribution in [0.3, 0.4) is 0 Å². The average Bonchev–Trinajstić information content (AvgIpc) is 3.57. The third-order valence-electron chi connectivity index (χ3n) is 11.3. The topological polar surface area (TPSA) is 71.7 Å². The maximum atomic E-state index is 14.1. The van der Waals surface area contributed by atoms with Gasteiger partial charge < -0.3 is 19.5 Å². The zero-order valence-corrected chi connectivity index (χ0v) is 34.5. The van der Waals surface area contributed by atoms with Gasteiger partial charge in [0.25, 0.3) is 0 Å². The van der Waals surface area contributed by atoms with Crippen LogP contribution in [-0.4, -0.2) is 26.4 Å². The molecule has 0 saturated heterocycles. The number of aliphatic hydroxyl groups is 1. The van der Waals surface area contributed by atoms with Crippen LogP contribution in [0.25, 0.3) is 71.4 Å². The van der Waals surface area contributed by atoms with Crippen molar-refractivity contribution in [2.45, 2.75) is 53.2 Å². The van der Waals surface area contributed by atoms with E-state index < -0.39 is 5.79 Å². The molecule has 294 valence electrons. The second-order valence-corrected chi connectivity index (χ2v) is 15.8. The number of carbonyl (C=O) groups excluding carboxylic acids is 1. The van der Waals surface area contributed by atoms with Crippen LogP contribution in [0.5, 0.6) is 11.5 Å². The summed E-state index contributed by atoms with van der Waals surface area (Å²) in [7, 11) is 2.01. The number of carbonyl (C=O) groups is 1. The van der Waals surface area contributed by atoms with Gasteiger partial charge in [-0.05, 0) is 107 Å². The van der Waals surface area contributed by atoms with E-state index in [1.165, 1.54) is 0 Å². The molecule has 0 amide bonds. The molecule has 0 spiro atoms. The second kappa shape index (κ2) is 15.9. The Morgan fingerprint density at radius 1 is 0.661 bits per heavy atom. The molecular weight excluding hydrogens is 727 g/mol. The Morgan fingerprint density at radius 2 is 1.22 bits per heavy atom. The molecular formula is C54H49NO4. The molecule has 0 aliphatic rings. The Labute approximate surface area is 346 Å². The lowest BCUT2D eigenvalue weighted by molar-refractivity contribution is -0.115. The van der Waals surface area contributed by atoms with Crippen LogP contribution < -0.4 is 4.74 Å². The second-order valence-electron chi connectivity index (χ2n) is 15.8. The summed E-state index contributed by atoms with van der Waals surface area (Å²) in [5.41, 5.74) is 10.0. The summed E-state index contributed by atoms with van der Waals surface area (Å²) in [5.74, 6) is -1.68. The predicted octanol–water partition coefficient (Wildman–Crippen LogP) is 13.5. The van der Waals surface area contributed by atoms with E-state index in [4.69, 9.17) is 4.74 Å². The van der Waals surface area contributed by atoms with Crippen molar-refractivity contribution in [2.75, 3.05) is 0 Å². The number of benzene rings is 7. The molecule has 7 aromatic carbocycles. The lowest BCUT2D eigenvalue weighted by Crippen LogP contribution is -2.37. The first kappa shape index (κ1) is 39.2. The number of phenols is 1. The van der Waals surface area contributed by atoms with Gasteiger partial charge in [-0.3, -0.25) is 4.79 Å². The molecule has 0 bridgehead atoms. The van der Waals surface area contributed by atoms with Crippen LogP contribution in [0.1, 0.15) is 53.0 Å². The first-order chi connectivity index (χ1) is 28.5. The number of para-hydroxylation sites is 1. The smallest absolute Gasteiger partial charge is 0.232 e. The van der Waals surface area contributed by atoms with Crippen molar-refractivity contribution in [1.82, 2.24) is 4.57 Å². The standard InChI is InChI=1S/C54H49NO4/c1-7-16-45(46-33-55(6)47-22-15-14-21-44(46)47)50(35(4)56)53(34(2)3)54(5,58)59-49-30-26-41-32-39(37-19-12-9-13-20-37)24-28-43(41)52(49)51-42-27-23-38(36-17-10-8-11-18-36)31-40(42)25-29-48(51)57/h8-15,17-33,57-58H,7,16H2,1-6H3/b50-45-/t54-/m0/s1. The molecule has 1 atom stereocenters. The molecule has 0 aliphatic carbocycles. The molecule has 5 heteroatoms. The van der Waals surface area contributed by atoms with Crippen LogP contribution in [0, 0.1) is 0 Å². The first-order valence-electron chi connectivity index (χ1n) is 20.3. The molecule has 0 radical (unpaired) electrons. The van der Waals surface area contributed by atoms with E-state index in [1.807, 2.05) is 93.7 Å². The van der Waals surface area contributed by atoms with Crippen molar-refractivity contribution in [2.24, 2.45) is 7.05 Å². The van der Waals surface area contributed by atoms with Crippen molar-refractivity contribution in [3.8, 4) is 44.9 Å². The fourth-order valence-electron chi connectivity index (χ4n) is 8.83. The summed E-state index contributed by atoms with van der Waals surface area (Å²) in [5, 5.41) is 29.3. The molecule has 59 heavy (non-hydrogen) atoms. The number of Topliss-reactive ketones (excluding diaryl/α,β-unsaturated/α-hetero) is 1. The van der Waals surface area contributed by atoms with E-state index in [-0.39, 0.29) is 11.5 Å². The summed E-state index contributed by atoms with van der Waals surface area (Å²) in [6.07, 6.45) is 3.49. The molecule has 1 aromatic heterocycles. The number of nitrogens with zero attached hydrogens (tertiary/aromatic N) is 1. The van der Waals surface area contributed by atoms with Gasteiger partial charge in [-0.25, -0.2) is 0 Å². The van der Waals surface area contributed by atoms with E-state index in [0.717, 1.165) is 77.8 Å². The Bertz CT molecular complexity index is 2950. The number of fused-ring (bicyclic) bond motifs is 3. The third-order valence-corrected chi connectivity index (χ3v) is 11.3. The third kappa shape index (κ3) is 7.35. The quantitative estimate of drug-likeness (QED) is 0.0780. The number of aryl methyl sites for hydroxylation is 1. The highest BCUT2D eigenvalue weighted by Gasteiger charge is 2.37. The van der Waals surface area contributed by atoms with E-state index >= 15 is 0 Å². The maximum Gasteiger partial charge on any atom is 0.232 e. The van der Waals surface area contributed by atoms with Crippen molar-refractivity contribution in [3.63, 3.8) is 0 Å². The zero-order valence-electron chi connectivity index (χ0n) is 34.5. The Balaban J connectivity index is 1.35. The fourth-order valence-corrected chi connectivity index (χ4v) is 8.83. The summed E-state index contributed by atoms with van der Waals surface area (Å²) in [4.78, 5) is 14.1. The molecule has 0 saturated carbocycles. The van der Waals surface area contributed by atoms with E-state index in [2.05, 4.69) is 84.4 Å². The SMILES string of the molecule is CCC/C(=C(\C(C)=O)C(=C(C)C)[C@@](C)(O)Oc1ccc2cc(-c3ccccc3)ccc2c1-c1c(O)ccc2cc(-c3ccccc3)ccc12)c1cn(C)c2ccccc12. The van der Waals surface area contributed by atoms with Crippen LogP contribution in [0.4, 0.5) is 0 Å². The lowest BCUT2D eigenvalue weighted by Gasteiger charge is -2.32. The number of hydrogen-bond acceptors (Lipinski definition) is 4. The first-order valence-corrected chi connectivity index (χ1v) is 20.3. The number of hydrogen-bond donors (Lipinski definition) is 2. The minimum atomic E-state index is -1.98.